The minimum atomic E-state index is 0.626. The summed E-state index contributed by atoms with van der Waals surface area (Å²) in [6.45, 7) is 7.70. The molecule has 2 rings (SSSR count). The Morgan fingerprint density at radius 3 is 2.58 bits per heavy atom. The van der Waals surface area contributed by atoms with E-state index >= 15 is 0 Å². The molecule has 106 valence electrons. The van der Waals surface area contributed by atoms with Crippen LogP contribution in [0, 0.1) is 5.92 Å². The summed E-state index contributed by atoms with van der Waals surface area (Å²) in [7, 11) is 0. The topological polar surface area (TPSA) is 55.0 Å². The van der Waals surface area contributed by atoms with Crippen LogP contribution in [0.2, 0.25) is 0 Å². The molecule has 0 amide bonds. The van der Waals surface area contributed by atoms with E-state index in [4.69, 9.17) is 5.73 Å². The summed E-state index contributed by atoms with van der Waals surface area (Å²) in [4.78, 5) is 11.2. The second-order valence-corrected chi connectivity index (χ2v) is 5.90. The highest BCUT2D eigenvalue weighted by Crippen LogP contribution is 2.31. The van der Waals surface area contributed by atoms with Crippen LogP contribution in [0.25, 0.3) is 0 Å². The highest BCUT2D eigenvalue weighted by atomic mass is 15.2. The van der Waals surface area contributed by atoms with Gasteiger partial charge in [0.05, 0.1) is 0 Å². The van der Waals surface area contributed by atoms with Crippen LogP contribution >= 0.6 is 0 Å². The first-order valence-corrected chi connectivity index (χ1v) is 7.49. The fraction of sp³-hybridized carbons (Fsp3) is 0.733. The Hall–Kier alpha value is -1.32. The maximum absolute atomic E-state index is 6.02. The summed E-state index contributed by atoms with van der Waals surface area (Å²) in [5.74, 6) is 2.33. The van der Waals surface area contributed by atoms with Gasteiger partial charge in [-0.2, -0.15) is 0 Å². The zero-order chi connectivity index (χ0) is 13.8. The number of nitrogen functional groups attached to an aromatic ring is 1. The first-order valence-electron chi connectivity index (χ1n) is 7.49. The Morgan fingerprint density at radius 1 is 1.32 bits per heavy atom. The zero-order valence-corrected chi connectivity index (χ0v) is 12.4. The molecule has 2 N–H and O–H groups in total. The molecule has 0 saturated heterocycles. The summed E-state index contributed by atoms with van der Waals surface area (Å²) in [6, 6.07) is 0.627. The van der Waals surface area contributed by atoms with Crippen molar-refractivity contribution in [2.24, 2.45) is 5.92 Å². The van der Waals surface area contributed by atoms with Crippen molar-refractivity contribution in [3.05, 3.63) is 11.9 Å². The van der Waals surface area contributed by atoms with E-state index in [2.05, 4.69) is 35.6 Å². The van der Waals surface area contributed by atoms with E-state index in [1.54, 1.807) is 6.33 Å². The Bertz CT molecular complexity index is 411. The molecule has 0 unspecified atom stereocenters. The van der Waals surface area contributed by atoms with Crippen LogP contribution < -0.4 is 10.6 Å². The third-order valence-corrected chi connectivity index (χ3v) is 3.91. The highest BCUT2D eigenvalue weighted by molar-refractivity contribution is 5.57. The number of rotatable bonds is 5. The summed E-state index contributed by atoms with van der Waals surface area (Å²) in [6.07, 6.45) is 7.72. The van der Waals surface area contributed by atoms with Gasteiger partial charge in [0.1, 0.15) is 18.0 Å². The van der Waals surface area contributed by atoms with Crippen LogP contribution in [0.3, 0.4) is 0 Å². The average molecular weight is 262 g/mol. The maximum atomic E-state index is 6.02. The molecule has 4 heteroatoms. The number of nitrogens with zero attached hydrogens (tertiary/aromatic N) is 3. The molecular weight excluding hydrogens is 236 g/mol. The van der Waals surface area contributed by atoms with Crippen LogP contribution in [0.15, 0.2) is 6.33 Å². The van der Waals surface area contributed by atoms with Gasteiger partial charge in [0, 0.05) is 18.2 Å². The smallest absolute Gasteiger partial charge is 0.137 e. The molecule has 0 radical (unpaired) electrons. The van der Waals surface area contributed by atoms with Crippen LogP contribution in [-0.4, -0.2) is 22.6 Å². The van der Waals surface area contributed by atoms with Crippen molar-refractivity contribution in [3.8, 4) is 0 Å². The summed E-state index contributed by atoms with van der Waals surface area (Å²) in [5.41, 5.74) is 7.13. The quantitative estimate of drug-likeness (QED) is 0.886. The largest absolute Gasteiger partial charge is 0.383 e. The second-order valence-electron chi connectivity index (χ2n) is 5.90. The molecule has 1 saturated carbocycles. The van der Waals surface area contributed by atoms with E-state index < -0.39 is 0 Å². The zero-order valence-electron chi connectivity index (χ0n) is 12.4. The molecule has 0 spiro atoms. The fourth-order valence-electron chi connectivity index (χ4n) is 3.02. The van der Waals surface area contributed by atoms with Gasteiger partial charge in [0.25, 0.3) is 0 Å². The molecule has 1 aliphatic carbocycles. The number of aromatic nitrogens is 2. The van der Waals surface area contributed by atoms with Gasteiger partial charge in [0.15, 0.2) is 0 Å². The van der Waals surface area contributed by atoms with Crippen LogP contribution in [-0.2, 0) is 6.42 Å². The van der Waals surface area contributed by atoms with Crippen LogP contribution in [0.4, 0.5) is 11.6 Å². The summed E-state index contributed by atoms with van der Waals surface area (Å²) >= 11 is 0. The lowest BCUT2D eigenvalue weighted by molar-refractivity contribution is 0.529. The Balaban J connectivity index is 2.33. The minimum absolute atomic E-state index is 0.626. The molecule has 0 atom stereocenters. The highest BCUT2D eigenvalue weighted by Gasteiger charge is 2.26. The van der Waals surface area contributed by atoms with Crippen molar-refractivity contribution in [2.75, 3.05) is 17.2 Å². The molecule has 0 aliphatic heterocycles. The van der Waals surface area contributed by atoms with Crippen molar-refractivity contribution >= 4 is 11.6 Å². The Morgan fingerprint density at radius 2 is 2.00 bits per heavy atom. The van der Waals surface area contributed by atoms with E-state index in [9.17, 15) is 0 Å². The number of hydrogen-bond donors (Lipinski definition) is 1. The second kappa shape index (κ2) is 6.22. The summed E-state index contributed by atoms with van der Waals surface area (Å²) < 4.78 is 0. The maximum Gasteiger partial charge on any atom is 0.137 e. The van der Waals surface area contributed by atoms with Crippen molar-refractivity contribution in [3.63, 3.8) is 0 Å². The predicted molar refractivity (Wildman–Crippen MR) is 80.3 cm³/mol. The molecule has 4 nitrogen and oxygen atoms in total. The third-order valence-electron chi connectivity index (χ3n) is 3.91. The van der Waals surface area contributed by atoms with Crippen molar-refractivity contribution < 1.29 is 0 Å². The first kappa shape index (κ1) is 14.1. The van der Waals surface area contributed by atoms with Gasteiger partial charge in [-0.05, 0) is 25.2 Å². The lowest BCUT2D eigenvalue weighted by Gasteiger charge is -2.33. The standard InChI is InChI=1S/C15H26N4/c1-4-13-14(16)17-10-18-15(13)19(9-11(2)3)12-7-5-6-8-12/h10-12H,4-9H2,1-3H3,(H2,16,17,18). The SMILES string of the molecule is CCc1c(N)ncnc1N(CC(C)C)C1CCCC1. The fourth-order valence-corrected chi connectivity index (χ4v) is 3.02. The lowest BCUT2D eigenvalue weighted by Crippen LogP contribution is -2.37. The van der Waals surface area contributed by atoms with Crippen LogP contribution in [0.5, 0.6) is 0 Å². The van der Waals surface area contributed by atoms with Crippen molar-refractivity contribution in [2.45, 2.75) is 58.9 Å². The Kier molecular flexibility index (Phi) is 4.61. The van der Waals surface area contributed by atoms with Crippen molar-refractivity contribution in [1.82, 2.24) is 9.97 Å². The molecule has 19 heavy (non-hydrogen) atoms. The van der Waals surface area contributed by atoms with E-state index in [-0.39, 0.29) is 0 Å². The monoisotopic (exact) mass is 262 g/mol. The molecule has 0 aromatic carbocycles. The van der Waals surface area contributed by atoms with E-state index in [1.165, 1.54) is 25.7 Å². The Labute approximate surface area is 116 Å². The van der Waals surface area contributed by atoms with Gasteiger partial charge in [-0.3, -0.25) is 0 Å². The third kappa shape index (κ3) is 3.17. The average Bonchev–Trinajstić information content (AvgIpc) is 2.89. The lowest BCUT2D eigenvalue weighted by atomic mass is 10.1. The minimum Gasteiger partial charge on any atom is -0.383 e. The van der Waals surface area contributed by atoms with E-state index in [0.717, 1.165) is 24.3 Å². The van der Waals surface area contributed by atoms with Gasteiger partial charge >= 0.3 is 0 Å². The normalized spacial score (nSPS) is 16.2. The molecule has 1 aromatic rings. The first-order chi connectivity index (χ1) is 9.13. The van der Waals surface area contributed by atoms with E-state index in [0.29, 0.717) is 17.8 Å². The molecular formula is C15H26N4. The predicted octanol–water partition coefficient (Wildman–Crippen LogP) is 3.03. The molecule has 1 aromatic heterocycles. The number of anilines is 2. The van der Waals surface area contributed by atoms with Gasteiger partial charge in [0.2, 0.25) is 0 Å². The number of hydrogen-bond acceptors (Lipinski definition) is 4. The van der Waals surface area contributed by atoms with Gasteiger partial charge < -0.3 is 10.6 Å². The van der Waals surface area contributed by atoms with Gasteiger partial charge in [-0.25, -0.2) is 9.97 Å². The molecule has 1 fully saturated rings. The van der Waals surface area contributed by atoms with Crippen LogP contribution in [0.1, 0.15) is 52.0 Å². The van der Waals surface area contributed by atoms with Gasteiger partial charge in [-0.1, -0.05) is 33.6 Å². The van der Waals surface area contributed by atoms with Crippen molar-refractivity contribution in [1.29, 1.82) is 0 Å². The van der Waals surface area contributed by atoms with Gasteiger partial charge in [-0.15, -0.1) is 0 Å². The number of nitrogens with two attached hydrogens (primary N) is 1. The molecule has 1 heterocycles. The molecule has 0 bridgehead atoms. The van der Waals surface area contributed by atoms with E-state index in [1.807, 2.05) is 0 Å². The summed E-state index contributed by atoms with van der Waals surface area (Å²) in [5, 5.41) is 0. The molecule has 1 aliphatic rings.